The van der Waals surface area contributed by atoms with Crippen molar-refractivity contribution in [2.75, 3.05) is 16.8 Å². The highest BCUT2D eigenvalue weighted by molar-refractivity contribution is 9.09. The predicted octanol–water partition coefficient (Wildman–Crippen LogP) is 3.73. The molecular formula is C14H24BrNOS. The number of hydrogen-bond acceptors (Lipinski definition) is 2. The molecule has 0 saturated heterocycles. The maximum absolute atomic E-state index is 11.7. The van der Waals surface area contributed by atoms with Crippen LogP contribution in [0.5, 0.6) is 0 Å². The van der Waals surface area contributed by atoms with Crippen LogP contribution >= 0.6 is 27.7 Å². The molecule has 2 rings (SSSR count). The zero-order valence-corrected chi connectivity index (χ0v) is 13.5. The first-order valence-corrected chi connectivity index (χ1v) is 9.45. The fraction of sp³-hybridized carbons (Fsp3) is 0.929. The molecule has 4 heteroatoms. The minimum atomic E-state index is 0.237. The van der Waals surface area contributed by atoms with Gasteiger partial charge in [0.25, 0.3) is 0 Å². The largest absolute Gasteiger partial charge is 0.353 e. The van der Waals surface area contributed by atoms with Gasteiger partial charge in [0.15, 0.2) is 0 Å². The van der Waals surface area contributed by atoms with Crippen LogP contribution < -0.4 is 5.32 Å². The number of alkyl halides is 1. The SMILES string of the molecule is O=C(CSCC1(CBr)CCCCCC1)NC1CC1. The number of thioether (sulfide) groups is 1. The Bertz CT molecular complexity index is 273. The summed E-state index contributed by atoms with van der Waals surface area (Å²) in [5.74, 6) is 2.02. The van der Waals surface area contributed by atoms with Crippen molar-refractivity contribution in [3.8, 4) is 0 Å². The van der Waals surface area contributed by atoms with Crippen molar-refractivity contribution < 1.29 is 4.79 Å². The molecule has 0 aromatic carbocycles. The molecule has 2 nitrogen and oxygen atoms in total. The van der Waals surface area contributed by atoms with Crippen LogP contribution in [0.3, 0.4) is 0 Å². The van der Waals surface area contributed by atoms with Gasteiger partial charge >= 0.3 is 0 Å². The second-order valence-corrected chi connectivity index (χ2v) is 7.43. The summed E-state index contributed by atoms with van der Waals surface area (Å²) in [6.45, 7) is 0. The summed E-state index contributed by atoms with van der Waals surface area (Å²) in [5, 5.41) is 4.16. The van der Waals surface area contributed by atoms with Crippen LogP contribution in [0.25, 0.3) is 0 Å². The topological polar surface area (TPSA) is 29.1 Å². The lowest BCUT2D eigenvalue weighted by Crippen LogP contribution is -2.29. The third-order valence-corrected chi connectivity index (χ3v) is 6.50. The van der Waals surface area contributed by atoms with Crippen LogP contribution in [0, 0.1) is 5.41 Å². The molecule has 18 heavy (non-hydrogen) atoms. The van der Waals surface area contributed by atoms with E-state index in [0.29, 0.717) is 17.2 Å². The van der Waals surface area contributed by atoms with Crippen molar-refractivity contribution in [3.63, 3.8) is 0 Å². The van der Waals surface area contributed by atoms with E-state index in [9.17, 15) is 4.79 Å². The highest BCUT2D eigenvalue weighted by Crippen LogP contribution is 2.39. The first-order chi connectivity index (χ1) is 8.74. The smallest absolute Gasteiger partial charge is 0.230 e. The number of carbonyl (C=O) groups is 1. The summed E-state index contributed by atoms with van der Waals surface area (Å²) < 4.78 is 0. The van der Waals surface area contributed by atoms with E-state index in [2.05, 4.69) is 21.2 Å². The maximum Gasteiger partial charge on any atom is 0.230 e. The van der Waals surface area contributed by atoms with Crippen molar-refractivity contribution in [3.05, 3.63) is 0 Å². The van der Waals surface area contributed by atoms with Crippen LogP contribution in [0.2, 0.25) is 0 Å². The summed E-state index contributed by atoms with van der Waals surface area (Å²) in [4.78, 5) is 11.7. The zero-order chi connectivity index (χ0) is 12.8. The Morgan fingerprint density at radius 1 is 1.22 bits per heavy atom. The van der Waals surface area contributed by atoms with Crippen LogP contribution in [0.1, 0.15) is 51.4 Å². The molecule has 0 spiro atoms. The fourth-order valence-electron chi connectivity index (χ4n) is 2.65. The molecule has 2 aliphatic carbocycles. The van der Waals surface area contributed by atoms with Gasteiger partial charge < -0.3 is 5.32 Å². The summed E-state index contributed by atoms with van der Waals surface area (Å²) in [6.07, 6.45) is 10.5. The lowest BCUT2D eigenvalue weighted by molar-refractivity contribution is -0.118. The Balaban J connectivity index is 1.69. The van der Waals surface area contributed by atoms with Crippen molar-refractivity contribution in [2.24, 2.45) is 5.41 Å². The molecule has 0 unspecified atom stereocenters. The summed E-state index contributed by atoms with van der Waals surface area (Å²) in [7, 11) is 0. The molecule has 0 radical (unpaired) electrons. The van der Waals surface area contributed by atoms with Crippen LogP contribution in [-0.4, -0.2) is 28.8 Å². The minimum Gasteiger partial charge on any atom is -0.353 e. The Hall–Kier alpha value is 0.300. The molecule has 2 saturated carbocycles. The van der Waals surface area contributed by atoms with Gasteiger partial charge in [0.2, 0.25) is 5.91 Å². The normalized spacial score (nSPS) is 23.4. The lowest BCUT2D eigenvalue weighted by Gasteiger charge is -2.30. The Morgan fingerprint density at radius 3 is 2.44 bits per heavy atom. The summed E-state index contributed by atoms with van der Waals surface area (Å²) in [5.41, 5.74) is 0.445. The lowest BCUT2D eigenvalue weighted by atomic mass is 9.85. The third-order valence-electron chi connectivity index (χ3n) is 4.03. The average molecular weight is 334 g/mol. The van der Waals surface area contributed by atoms with Crippen LogP contribution in [-0.2, 0) is 4.79 Å². The van der Waals surface area contributed by atoms with E-state index < -0.39 is 0 Å². The molecule has 1 N–H and O–H groups in total. The number of carbonyl (C=O) groups excluding carboxylic acids is 1. The van der Waals surface area contributed by atoms with E-state index in [1.165, 1.54) is 51.4 Å². The van der Waals surface area contributed by atoms with Gasteiger partial charge in [-0.3, -0.25) is 4.79 Å². The zero-order valence-electron chi connectivity index (χ0n) is 11.0. The van der Waals surface area contributed by atoms with Gasteiger partial charge in [0.05, 0.1) is 5.75 Å². The Morgan fingerprint density at radius 2 is 1.89 bits per heavy atom. The highest BCUT2D eigenvalue weighted by Gasteiger charge is 2.30. The van der Waals surface area contributed by atoms with Crippen LogP contribution in [0.4, 0.5) is 0 Å². The molecular weight excluding hydrogens is 310 g/mol. The minimum absolute atomic E-state index is 0.237. The van der Waals surface area contributed by atoms with E-state index >= 15 is 0 Å². The quantitative estimate of drug-likeness (QED) is 0.592. The molecule has 1 amide bonds. The van der Waals surface area contributed by atoms with E-state index in [-0.39, 0.29) is 5.91 Å². The van der Waals surface area contributed by atoms with Crippen molar-refractivity contribution >= 4 is 33.6 Å². The molecule has 0 aromatic rings. The van der Waals surface area contributed by atoms with E-state index in [0.717, 1.165) is 11.1 Å². The van der Waals surface area contributed by atoms with Gasteiger partial charge in [-0.15, -0.1) is 0 Å². The number of amides is 1. The van der Waals surface area contributed by atoms with Gasteiger partial charge in [-0.2, -0.15) is 11.8 Å². The number of halogens is 1. The molecule has 0 aliphatic heterocycles. The van der Waals surface area contributed by atoms with Gasteiger partial charge in [0.1, 0.15) is 0 Å². The first-order valence-electron chi connectivity index (χ1n) is 7.17. The van der Waals surface area contributed by atoms with E-state index in [1.807, 2.05) is 11.8 Å². The Kier molecular flexibility index (Phi) is 5.87. The highest BCUT2D eigenvalue weighted by atomic mass is 79.9. The third kappa shape index (κ3) is 4.76. The van der Waals surface area contributed by atoms with Crippen LogP contribution in [0.15, 0.2) is 0 Å². The predicted molar refractivity (Wildman–Crippen MR) is 82.4 cm³/mol. The molecule has 0 atom stereocenters. The average Bonchev–Trinajstić information content (AvgIpc) is 3.17. The molecule has 0 bridgehead atoms. The Labute approximate surface area is 123 Å². The number of nitrogens with one attached hydrogen (secondary N) is 1. The monoisotopic (exact) mass is 333 g/mol. The molecule has 0 aromatic heterocycles. The van der Waals surface area contributed by atoms with Gasteiger partial charge in [0, 0.05) is 17.1 Å². The number of hydrogen-bond donors (Lipinski definition) is 1. The van der Waals surface area contributed by atoms with Gasteiger partial charge in [-0.25, -0.2) is 0 Å². The number of rotatable bonds is 6. The standard InChI is InChI=1S/C14H24BrNOS/c15-10-14(7-3-1-2-4-8-14)11-18-9-13(17)16-12-5-6-12/h12H,1-11H2,(H,16,17). The van der Waals surface area contributed by atoms with Crippen molar-refractivity contribution in [2.45, 2.75) is 57.4 Å². The summed E-state index contributed by atoms with van der Waals surface area (Å²) in [6, 6.07) is 0.501. The van der Waals surface area contributed by atoms with Gasteiger partial charge in [-0.05, 0) is 31.1 Å². The van der Waals surface area contributed by atoms with Crippen molar-refractivity contribution in [1.82, 2.24) is 5.32 Å². The molecule has 2 aliphatic rings. The summed E-state index contributed by atoms with van der Waals surface area (Å²) >= 11 is 5.53. The van der Waals surface area contributed by atoms with Gasteiger partial charge in [-0.1, -0.05) is 41.6 Å². The molecule has 104 valence electrons. The molecule has 0 heterocycles. The first kappa shape index (κ1) is 14.7. The van der Waals surface area contributed by atoms with Crippen molar-refractivity contribution in [1.29, 1.82) is 0 Å². The maximum atomic E-state index is 11.7. The second-order valence-electron chi connectivity index (χ2n) is 5.88. The fourth-order valence-corrected chi connectivity index (χ4v) is 4.87. The van der Waals surface area contributed by atoms with E-state index in [4.69, 9.17) is 0 Å². The molecule has 2 fully saturated rings. The van der Waals surface area contributed by atoms with E-state index in [1.54, 1.807) is 0 Å². The second kappa shape index (κ2) is 7.18.